The Bertz CT molecular complexity index is 882. The van der Waals surface area contributed by atoms with Gasteiger partial charge in [0, 0.05) is 39.0 Å². The van der Waals surface area contributed by atoms with Crippen molar-refractivity contribution in [3.8, 4) is 0 Å². The maximum atomic E-state index is 12.5. The number of nitrogens with zero attached hydrogens (tertiary/aromatic N) is 3. The van der Waals surface area contributed by atoms with Crippen molar-refractivity contribution >= 4 is 51.3 Å². The van der Waals surface area contributed by atoms with Crippen molar-refractivity contribution in [1.29, 1.82) is 0 Å². The number of guanidine groups is 1. The second-order valence-electron chi connectivity index (χ2n) is 6.12. The Morgan fingerprint density at radius 1 is 1.25 bits per heavy atom. The van der Waals surface area contributed by atoms with E-state index in [1.165, 1.54) is 18.4 Å². The lowest BCUT2D eigenvalue weighted by molar-refractivity contribution is 0.519. The van der Waals surface area contributed by atoms with E-state index in [1.807, 2.05) is 19.9 Å². The van der Waals surface area contributed by atoms with E-state index >= 15 is 0 Å². The van der Waals surface area contributed by atoms with Crippen LogP contribution in [0.1, 0.15) is 23.2 Å². The van der Waals surface area contributed by atoms with Crippen molar-refractivity contribution in [3.05, 3.63) is 45.9 Å². The highest BCUT2D eigenvalue weighted by atomic mass is 127. The molecule has 0 aliphatic carbocycles. The zero-order valence-corrected chi connectivity index (χ0v) is 20.6. The molecule has 2 rings (SSSR count). The van der Waals surface area contributed by atoms with Crippen molar-refractivity contribution in [3.63, 3.8) is 0 Å². The van der Waals surface area contributed by atoms with Crippen LogP contribution in [0.3, 0.4) is 0 Å². The molecular formula is C18H28IN5O2S2. The van der Waals surface area contributed by atoms with E-state index in [0.717, 1.165) is 23.7 Å². The molecule has 1 aromatic heterocycles. The highest BCUT2D eigenvalue weighted by molar-refractivity contribution is 14.0. The van der Waals surface area contributed by atoms with Crippen LogP contribution in [0.15, 0.2) is 39.5 Å². The fraction of sp³-hybridized carbons (Fsp3) is 0.444. The molecule has 1 aromatic carbocycles. The lowest BCUT2D eigenvalue weighted by atomic mass is 10.2. The Hall–Kier alpha value is -1.24. The molecule has 0 bridgehead atoms. The number of aromatic nitrogens is 1. The number of thiazole rings is 1. The fourth-order valence-electron chi connectivity index (χ4n) is 2.42. The lowest BCUT2D eigenvalue weighted by Crippen LogP contribution is -2.38. The normalized spacial score (nSPS) is 12.0. The fourth-order valence-corrected chi connectivity index (χ4v) is 4.18. The first-order valence-electron chi connectivity index (χ1n) is 8.78. The van der Waals surface area contributed by atoms with Crippen LogP contribution in [0, 0.1) is 6.92 Å². The second-order valence-corrected chi connectivity index (χ2v) is 9.31. The molecule has 1 heterocycles. The quantitative estimate of drug-likeness (QED) is 0.307. The summed E-state index contributed by atoms with van der Waals surface area (Å²) in [7, 11) is -0.444. The van der Waals surface area contributed by atoms with Crippen molar-refractivity contribution in [2.24, 2.45) is 4.99 Å². The van der Waals surface area contributed by atoms with Crippen molar-refractivity contribution < 1.29 is 8.42 Å². The van der Waals surface area contributed by atoms with Crippen molar-refractivity contribution in [2.45, 2.75) is 31.7 Å². The number of benzene rings is 1. The number of aryl methyl sites for hydroxylation is 1. The van der Waals surface area contributed by atoms with Gasteiger partial charge in [0.25, 0.3) is 0 Å². The van der Waals surface area contributed by atoms with Crippen LogP contribution in [0.4, 0.5) is 0 Å². The lowest BCUT2D eigenvalue weighted by Gasteiger charge is -2.15. The van der Waals surface area contributed by atoms with Gasteiger partial charge in [0.1, 0.15) is 0 Å². The summed E-state index contributed by atoms with van der Waals surface area (Å²) in [6.45, 7) is 5.68. The first-order chi connectivity index (χ1) is 12.8. The molecule has 2 aromatic rings. The van der Waals surface area contributed by atoms with E-state index < -0.39 is 10.0 Å². The Morgan fingerprint density at radius 2 is 1.96 bits per heavy atom. The van der Waals surface area contributed by atoms with Gasteiger partial charge < -0.3 is 10.6 Å². The first-order valence-corrected chi connectivity index (χ1v) is 11.1. The number of hydrogen-bond acceptors (Lipinski definition) is 5. The monoisotopic (exact) mass is 537 g/mol. The van der Waals surface area contributed by atoms with E-state index in [9.17, 15) is 8.42 Å². The van der Waals surface area contributed by atoms with Gasteiger partial charge in [-0.2, -0.15) is 0 Å². The van der Waals surface area contributed by atoms with E-state index in [-0.39, 0.29) is 35.4 Å². The highest BCUT2D eigenvalue weighted by Gasteiger charge is 2.20. The molecule has 10 heteroatoms. The first kappa shape index (κ1) is 24.8. The van der Waals surface area contributed by atoms with Gasteiger partial charge in [-0.15, -0.1) is 35.3 Å². The summed E-state index contributed by atoms with van der Waals surface area (Å²) < 4.78 is 26.2. The number of sulfonamides is 1. The minimum atomic E-state index is -3.50. The number of hydrogen-bond donors (Lipinski definition) is 2. The van der Waals surface area contributed by atoms with Gasteiger partial charge in [-0.05, 0) is 25.5 Å². The van der Waals surface area contributed by atoms with Gasteiger partial charge in [-0.25, -0.2) is 22.7 Å². The summed E-state index contributed by atoms with van der Waals surface area (Å²) >= 11 is 1.64. The molecule has 2 N–H and O–H groups in total. The maximum Gasteiger partial charge on any atom is 0.242 e. The number of aliphatic imine (C=N–C) groups is 1. The molecule has 0 saturated heterocycles. The Balaban J connectivity index is 0.00000392. The van der Waals surface area contributed by atoms with Gasteiger partial charge in [0.2, 0.25) is 10.0 Å². The molecular weight excluding hydrogens is 509 g/mol. The standard InChI is InChI=1S/C18H27N5O2S2.HI/c1-5-19-18(20-11-10-16-13-26-14(2)22-16)21-12-15-8-6-7-9-17(15)27(24,25)23(3)4;/h6-9,13H,5,10-12H2,1-4H3,(H2,19,20,21);1H. The minimum absolute atomic E-state index is 0. The van der Waals surface area contributed by atoms with Crippen LogP contribution in [0.5, 0.6) is 0 Å². The summed E-state index contributed by atoms with van der Waals surface area (Å²) in [6.07, 6.45) is 0.806. The van der Waals surface area contributed by atoms with Crippen LogP contribution < -0.4 is 10.6 Å². The molecule has 7 nitrogen and oxygen atoms in total. The summed E-state index contributed by atoms with van der Waals surface area (Å²) in [6, 6.07) is 6.96. The Kier molecular flexibility index (Phi) is 10.4. The molecule has 0 aliphatic rings. The summed E-state index contributed by atoms with van der Waals surface area (Å²) in [5, 5.41) is 9.58. The van der Waals surface area contributed by atoms with Crippen LogP contribution in [0.25, 0.3) is 0 Å². The number of rotatable bonds is 8. The average molecular weight is 537 g/mol. The zero-order chi connectivity index (χ0) is 19.9. The second kappa shape index (κ2) is 11.7. The molecule has 0 fully saturated rings. The average Bonchev–Trinajstić information content (AvgIpc) is 3.05. The predicted octanol–water partition coefficient (Wildman–Crippen LogP) is 2.62. The number of halogens is 1. The van der Waals surface area contributed by atoms with E-state index in [0.29, 0.717) is 18.1 Å². The van der Waals surface area contributed by atoms with Crippen LogP contribution in [-0.2, 0) is 23.0 Å². The van der Waals surface area contributed by atoms with Gasteiger partial charge in [0.05, 0.1) is 22.1 Å². The van der Waals surface area contributed by atoms with Gasteiger partial charge >= 0.3 is 0 Å². The molecule has 0 saturated carbocycles. The number of nitrogens with one attached hydrogen (secondary N) is 2. The predicted molar refractivity (Wildman–Crippen MR) is 126 cm³/mol. The molecule has 28 heavy (non-hydrogen) atoms. The van der Waals surface area contributed by atoms with E-state index in [1.54, 1.807) is 29.5 Å². The summed E-state index contributed by atoms with van der Waals surface area (Å²) in [5.74, 6) is 0.654. The third-order valence-corrected chi connectivity index (χ3v) is 6.56. The molecule has 0 aliphatic heterocycles. The van der Waals surface area contributed by atoms with Gasteiger partial charge in [-0.1, -0.05) is 18.2 Å². The van der Waals surface area contributed by atoms with E-state index in [2.05, 4.69) is 26.0 Å². The molecule has 156 valence electrons. The molecule has 0 spiro atoms. The third-order valence-electron chi connectivity index (χ3n) is 3.82. The SMILES string of the molecule is CCNC(=NCc1ccccc1S(=O)(=O)N(C)C)NCCc1csc(C)n1.I. The van der Waals surface area contributed by atoms with E-state index in [4.69, 9.17) is 0 Å². The summed E-state index contributed by atoms with van der Waals surface area (Å²) in [5.41, 5.74) is 1.72. The third kappa shape index (κ3) is 6.98. The van der Waals surface area contributed by atoms with Crippen LogP contribution >= 0.6 is 35.3 Å². The van der Waals surface area contributed by atoms with Crippen molar-refractivity contribution in [1.82, 2.24) is 19.9 Å². The van der Waals surface area contributed by atoms with Crippen LogP contribution in [0.2, 0.25) is 0 Å². The van der Waals surface area contributed by atoms with Crippen LogP contribution in [-0.4, -0.2) is 50.9 Å². The Morgan fingerprint density at radius 3 is 2.57 bits per heavy atom. The maximum absolute atomic E-state index is 12.5. The van der Waals surface area contributed by atoms with Gasteiger partial charge in [0.15, 0.2) is 5.96 Å². The largest absolute Gasteiger partial charge is 0.357 e. The molecule has 0 unspecified atom stereocenters. The molecule has 0 amide bonds. The molecule has 0 radical (unpaired) electrons. The molecule has 0 atom stereocenters. The Labute approximate surface area is 188 Å². The zero-order valence-electron chi connectivity index (χ0n) is 16.6. The topological polar surface area (TPSA) is 86.7 Å². The van der Waals surface area contributed by atoms with Gasteiger partial charge in [-0.3, -0.25) is 0 Å². The summed E-state index contributed by atoms with van der Waals surface area (Å²) in [4.78, 5) is 9.28. The highest BCUT2D eigenvalue weighted by Crippen LogP contribution is 2.19. The van der Waals surface area contributed by atoms with Crippen molar-refractivity contribution in [2.75, 3.05) is 27.2 Å². The smallest absolute Gasteiger partial charge is 0.242 e. The minimum Gasteiger partial charge on any atom is -0.357 e.